The third-order valence-corrected chi connectivity index (χ3v) is 6.32. The van der Waals surface area contributed by atoms with Gasteiger partial charge in [-0.2, -0.15) is 0 Å². The van der Waals surface area contributed by atoms with Gasteiger partial charge in [-0.1, -0.05) is 12.1 Å². The van der Waals surface area contributed by atoms with Gasteiger partial charge in [0.25, 0.3) is 17.7 Å². The van der Waals surface area contributed by atoms with E-state index in [1.807, 2.05) is 24.3 Å². The number of imide groups is 1. The smallest absolute Gasteiger partial charge is 0.308 e. The second-order valence-corrected chi connectivity index (χ2v) is 8.21. The van der Waals surface area contributed by atoms with Crippen LogP contribution in [0.5, 0.6) is 5.75 Å². The van der Waals surface area contributed by atoms with E-state index in [1.165, 1.54) is 18.1 Å². The van der Waals surface area contributed by atoms with Gasteiger partial charge >= 0.3 is 5.97 Å². The fourth-order valence-corrected chi connectivity index (χ4v) is 4.33. The lowest BCUT2D eigenvalue weighted by Crippen LogP contribution is -2.40. The highest BCUT2D eigenvalue weighted by Crippen LogP contribution is 2.26. The number of piperidine rings is 1. The highest BCUT2D eigenvalue weighted by molar-refractivity contribution is 6.22. The quantitative estimate of drug-likeness (QED) is 0.496. The number of rotatable bonds is 6. The minimum atomic E-state index is -0.387. The third kappa shape index (κ3) is 4.46. The number of amides is 3. The summed E-state index contributed by atoms with van der Waals surface area (Å²) in [7, 11) is 2.96. The van der Waals surface area contributed by atoms with Crippen molar-refractivity contribution < 1.29 is 28.7 Å². The molecule has 0 unspecified atom stereocenters. The van der Waals surface area contributed by atoms with Crippen molar-refractivity contribution in [3.8, 4) is 5.75 Å². The molecular weight excluding hydrogens is 424 g/mol. The summed E-state index contributed by atoms with van der Waals surface area (Å²) < 4.78 is 9.94. The molecule has 0 N–H and O–H groups in total. The van der Waals surface area contributed by atoms with Crippen LogP contribution in [-0.2, 0) is 16.0 Å². The molecule has 8 nitrogen and oxygen atoms in total. The number of likely N-dealkylation sites (tertiary alicyclic amines) is 1. The zero-order valence-electron chi connectivity index (χ0n) is 18.7. The van der Waals surface area contributed by atoms with Gasteiger partial charge in [0.2, 0.25) is 0 Å². The van der Waals surface area contributed by atoms with Gasteiger partial charge in [0.1, 0.15) is 5.75 Å². The number of benzene rings is 2. The van der Waals surface area contributed by atoms with E-state index in [0.29, 0.717) is 43.5 Å². The summed E-state index contributed by atoms with van der Waals surface area (Å²) in [4.78, 5) is 53.3. The number of fused-ring (bicyclic) bond motifs is 1. The van der Waals surface area contributed by atoms with Gasteiger partial charge in [-0.15, -0.1) is 0 Å². The number of hydrogen-bond acceptors (Lipinski definition) is 6. The van der Waals surface area contributed by atoms with Crippen LogP contribution in [0.4, 0.5) is 0 Å². The minimum absolute atomic E-state index is 0.197. The lowest BCUT2D eigenvalue weighted by atomic mass is 9.96. The van der Waals surface area contributed by atoms with E-state index in [9.17, 15) is 19.2 Å². The monoisotopic (exact) mass is 450 g/mol. The minimum Gasteiger partial charge on any atom is -0.497 e. The number of carbonyl (C=O) groups is 4. The largest absolute Gasteiger partial charge is 0.497 e. The van der Waals surface area contributed by atoms with E-state index < -0.39 is 0 Å². The van der Waals surface area contributed by atoms with Gasteiger partial charge in [-0.05, 0) is 55.2 Å². The Hall–Kier alpha value is -3.68. The molecule has 2 aromatic carbocycles. The Morgan fingerprint density at radius 3 is 2.24 bits per heavy atom. The van der Waals surface area contributed by atoms with Crippen molar-refractivity contribution in [1.29, 1.82) is 0 Å². The Kier molecular flexibility index (Phi) is 6.44. The van der Waals surface area contributed by atoms with Gasteiger partial charge in [-0.25, -0.2) is 0 Å². The van der Waals surface area contributed by atoms with Crippen molar-refractivity contribution in [2.24, 2.45) is 5.92 Å². The van der Waals surface area contributed by atoms with Crippen molar-refractivity contribution in [1.82, 2.24) is 9.80 Å². The Morgan fingerprint density at radius 1 is 0.939 bits per heavy atom. The van der Waals surface area contributed by atoms with Gasteiger partial charge in [0.15, 0.2) is 0 Å². The maximum atomic E-state index is 13.0. The summed E-state index contributed by atoms with van der Waals surface area (Å²) in [5, 5.41) is 0. The predicted octanol–water partition coefficient (Wildman–Crippen LogP) is 2.56. The standard InChI is InChI=1S/C25H26N2O6/c1-32-19-6-3-16(4-7-19)9-14-27-23(29)20-8-5-18(15-21(20)24(27)30)22(28)26-12-10-17(11-13-26)25(31)33-2/h3-8,15,17H,9-14H2,1-2H3. The highest BCUT2D eigenvalue weighted by Gasteiger charge is 2.36. The predicted molar refractivity (Wildman–Crippen MR) is 119 cm³/mol. The van der Waals surface area contributed by atoms with Crippen molar-refractivity contribution >= 4 is 23.7 Å². The van der Waals surface area contributed by atoms with Crippen LogP contribution in [0.1, 0.15) is 49.5 Å². The lowest BCUT2D eigenvalue weighted by molar-refractivity contribution is -0.146. The molecule has 2 aliphatic rings. The second-order valence-electron chi connectivity index (χ2n) is 8.21. The SMILES string of the molecule is COC(=O)C1CCN(C(=O)c2ccc3c(c2)C(=O)N(CCc2ccc(OC)cc2)C3=O)CC1. The number of methoxy groups -OCH3 is 2. The van der Waals surface area contributed by atoms with Crippen LogP contribution < -0.4 is 4.74 Å². The van der Waals surface area contributed by atoms with Crippen LogP contribution in [0.25, 0.3) is 0 Å². The highest BCUT2D eigenvalue weighted by atomic mass is 16.5. The molecule has 1 fully saturated rings. The van der Waals surface area contributed by atoms with E-state index in [4.69, 9.17) is 9.47 Å². The van der Waals surface area contributed by atoms with Crippen LogP contribution >= 0.6 is 0 Å². The molecule has 0 aliphatic carbocycles. The fraction of sp³-hybridized carbons (Fsp3) is 0.360. The molecule has 0 atom stereocenters. The van der Waals surface area contributed by atoms with E-state index in [1.54, 1.807) is 24.1 Å². The van der Waals surface area contributed by atoms with Gasteiger partial charge in [0.05, 0.1) is 31.3 Å². The van der Waals surface area contributed by atoms with Gasteiger partial charge < -0.3 is 14.4 Å². The number of carbonyl (C=O) groups excluding carboxylic acids is 4. The van der Waals surface area contributed by atoms with Crippen LogP contribution in [0.15, 0.2) is 42.5 Å². The second kappa shape index (κ2) is 9.44. The zero-order valence-corrected chi connectivity index (χ0v) is 18.7. The summed E-state index contributed by atoms with van der Waals surface area (Å²) in [5.74, 6) is -0.649. The summed E-state index contributed by atoms with van der Waals surface area (Å²) in [6.07, 6.45) is 1.61. The molecule has 4 rings (SSSR count). The van der Waals surface area contributed by atoms with Crippen LogP contribution in [0, 0.1) is 5.92 Å². The van der Waals surface area contributed by atoms with Crippen molar-refractivity contribution in [2.45, 2.75) is 19.3 Å². The third-order valence-electron chi connectivity index (χ3n) is 6.32. The number of esters is 1. The van der Waals surface area contributed by atoms with E-state index >= 15 is 0 Å². The maximum Gasteiger partial charge on any atom is 0.308 e. The number of nitrogens with zero attached hydrogens (tertiary/aromatic N) is 2. The molecule has 2 heterocycles. The van der Waals surface area contributed by atoms with Crippen LogP contribution in [-0.4, -0.2) is 67.3 Å². The first-order valence-electron chi connectivity index (χ1n) is 10.9. The van der Waals surface area contributed by atoms with Crippen molar-refractivity contribution in [3.05, 3.63) is 64.7 Å². The van der Waals surface area contributed by atoms with Crippen LogP contribution in [0.2, 0.25) is 0 Å². The zero-order chi connectivity index (χ0) is 23.5. The maximum absolute atomic E-state index is 13.0. The first-order valence-corrected chi connectivity index (χ1v) is 10.9. The molecule has 1 saturated heterocycles. The molecule has 0 bridgehead atoms. The first-order chi connectivity index (χ1) is 15.9. The van der Waals surface area contributed by atoms with Crippen molar-refractivity contribution in [2.75, 3.05) is 33.9 Å². The average Bonchev–Trinajstić information content (AvgIpc) is 3.10. The molecule has 0 saturated carbocycles. The molecule has 33 heavy (non-hydrogen) atoms. The summed E-state index contributed by atoms with van der Waals surface area (Å²) in [5.41, 5.74) is 1.92. The topological polar surface area (TPSA) is 93.2 Å². The van der Waals surface area contributed by atoms with Crippen molar-refractivity contribution in [3.63, 3.8) is 0 Å². The Balaban J connectivity index is 1.42. The number of hydrogen-bond donors (Lipinski definition) is 0. The lowest BCUT2D eigenvalue weighted by Gasteiger charge is -2.30. The molecule has 0 aromatic heterocycles. The first kappa shape index (κ1) is 22.5. The molecule has 3 amide bonds. The van der Waals surface area contributed by atoms with Gasteiger partial charge in [-0.3, -0.25) is 24.1 Å². The summed E-state index contributed by atoms with van der Waals surface area (Å²) >= 11 is 0. The van der Waals surface area contributed by atoms with Gasteiger partial charge in [0, 0.05) is 25.2 Å². The molecule has 2 aliphatic heterocycles. The van der Waals surface area contributed by atoms with E-state index in [0.717, 1.165) is 11.3 Å². The molecule has 0 spiro atoms. The number of ether oxygens (including phenoxy) is 2. The molecule has 2 aromatic rings. The van der Waals surface area contributed by atoms with E-state index in [-0.39, 0.29) is 41.7 Å². The normalized spacial score (nSPS) is 16.1. The molecule has 172 valence electrons. The van der Waals surface area contributed by atoms with E-state index in [2.05, 4.69) is 0 Å². The molecule has 8 heteroatoms. The molecular formula is C25H26N2O6. The van der Waals surface area contributed by atoms with Crippen LogP contribution in [0.3, 0.4) is 0 Å². The Bertz CT molecular complexity index is 1090. The fourth-order valence-electron chi connectivity index (χ4n) is 4.33. The Morgan fingerprint density at radius 2 is 1.61 bits per heavy atom. The molecule has 0 radical (unpaired) electrons. The Labute approximate surface area is 192 Å². The average molecular weight is 450 g/mol. The summed E-state index contributed by atoms with van der Waals surface area (Å²) in [6, 6.07) is 12.1. The summed E-state index contributed by atoms with van der Waals surface area (Å²) in [6.45, 7) is 1.14.